The van der Waals surface area contributed by atoms with Crippen LogP contribution in [0, 0.1) is 5.92 Å². The molecule has 0 bridgehead atoms. The van der Waals surface area contributed by atoms with Gasteiger partial charge in [0.25, 0.3) is 0 Å². The molecule has 1 aliphatic rings. The molecule has 1 aliphatic heterocycles. The summed E-state index contributed by atoms with van der Waals surface area (Å²) in [7, 11) is 0. The van der Waals surface area contributed by atoms with Gasteiger partial charge in [-0.25, -0.2) is 0 Å². The lowest BCUT2D eigenvalue weighted by Gasteiger charge is -2.26. The fourth-order valence-corrected chi connectivity index (χ4v) is 3.06. The Labute approximate surface area is 134 Å². The van der Waals surface area contributed by atoms with Crippen LogP contribution in [0.5, 0.6) is 0 Å². The maximum atomic E-state index is 5.85. The summed E-state index contributed by atoms with van der Waals surface area (Å²) in [6, 6.07) is 0. The summed E-state index contributed by atoms with van der Waals surface area (Å²) in [5, 5.41) is 3.19. The molecule has 1 rings (SSSR count). The van der Waals surface area contributed by atoms with E-state index in [0.717, 1.165) is 64.7 Å². The van der Waals surface area contributed by atoms with Gasteiger partial charge in [-0.2, -0.15) is 11.8 Å². The van der Waals surface area contributed by atoms with Crippen molar-refractivity contribution in [2.24, 2.45) is 16.6 Å². The maximum Gasteiger partial charge on any atom is 0.188 e. The largest absolute Gasteiger partial charge is 0.379 e. The Morgan fingerprint density at radius 3 is 2.81 bits per heavy atom. The molecule has 0 amide bonds. The van der Waals surface area contributed by atoms with Crippen molar-refractivity contribution in [2.45, 2.75) is 26.7 Å². The number of hydrogen-bond acceptors (Lipinski definition) is 4. The number of aliphatic imine (C=N–C) groups is 1. The zero-order valence-corrected chi connectivity index (χ0v) is 14.5. The third-order valence-electron chi connectivity index (χ3n) is 3.24. The van der Waals surface area contributed by atoms with Gasteiger partial charge in [0.2, 0.25) is 0 Å². The molecule has 0 aliphatic carbocycles. The fraction of sp³-hybridized carbons (Fsp3) is 0.933. The highest BCUT2D eigenvalue weighted by Crippen LogP contribution is 2.08. The molecule has 6 heteroatoms. The van der Waals surface area contributed by atoms with Crippen LogP contribution in [0.15, 0.2) is 4.99 Å². The molecule has 0 saturated carbocycles. The quantitative estimate of drug-likeness (QED) is 0.362. The first kappa shape index (κ1) is 18.6. The Balaban J connectivity index is 1.92. The third-order valence-corrected chi connectivity index (χ3v) is 4.72. The fourth-order valence-electron chi connectivity index (χ4n) is 2.08. The lowest BCUT2D eigenvalue weighted by molar-refractivity contribution is 0.0376. The van der Waals surface area contributed by atoms with Gasteiger partial charge in [0.05, 0.1) is 13.2 Å². The van der Waals surface area contributed by atoms with Crippen LogP contribution < -0.4 is 11.1 Å². The van der Waals surface area contributed by atoms with Crippen molar-refractivity contribution in [2.75, 3.05) is 57.4 Å². The minimum atomic E-state index is 0.589. The number of nitrogens with zero attached hydrogens (tertiary/aromatic N) is 2. The Morgan fingerprint density at radius 1 is 1.33 bits per heavy atom. The Hall–Kier alpha value is -0.460. The van der Waals surface area contributed by atoms with Crippen molar-refractivity contribution in [3.05, 3.63) is 0 Å². The highest BCUT2D eigenvalue weighted by Gasteiger charge is 2.08. The van der Waals surface area contributed by atoms with E-state index in [1.807, 2.05) is 11.8 Å². The van der Waals surface area contributed by atoms with E-state index in [0.29, 0.717) is 5.96 Å². The smallest absolute Gasteiger partial charge is 0.188 e. The van der Waals surface area contributed by atoms with Gasteiger partial charge in [-0.3, -0.25) is 9.89 Å². The molecule has 1 saturated heterocycles. The Kier molecular flexibility index (Phi) is 10.7. The SMILES string of the molecule is CC(C)CSCCCN=C(N)NCCCN1CCOCC1. The minimum Gasteiger partial charge on any atom is -0.379 e. The number of thioether (sulfide) groups is 1. The first-order valence-electron chi connectivity index (χ1n) is 8.10. The van der Waals surface area contributed by atoms with Crippen LogP contribution in [0.25, 0.3) is 0 Å². The van der Waals surface area contributed by atoms with E-state index in [4.69, 9.17) is 10.5 Å². The van der Waals surface area contributed by atoms with Crippen molar-refractivity contribution < 1.29 is 4.74 Å². The van der Waals surface area contributed by atoms with E-state index in [2.05, 4.69) is 29.1 Å². The highest BCUT2D eigenvalue weighted by atomic mass is 32.2. The van der Waals surface area contributed by atoms with Crippen LogP contribution in [-0.2, 0) is 4.74 Å². The highest BCUT2D eigenvalue weighted by molar-refractivity contribution is 7.99. The summed E-state index contributed by atoms with van der Waals surface area (Å²) in [6.45, 7) is 11.2. The standard InChI is InChI=1S/C15H32N4OS/c1-14(2)13-21-12-4-6-18-15(16)17-5-3-7-19-8-10-20-11-9-19/h14H,3-13H2,1-2H3,(H3,16,17,18). The number of morpholine rings is 1. The van der Waals surface area contributed by atoms with Crippen molar-refractivity contribution in [1.82, 2.24) is 10.2 Å². The van der Waals surface area contributed by atoms with E-state index in [1.54, 1.807) is 0 Å². The molecule has 0 aromatic heterocycles. The van der Waals surface area contributed by atoms with E-state index in [1.165, 1.54) is 11.5 Å². The average Bonchev–Trinajstić information content (AvgIpc) is 2.48. The molecule has 0 radical (unpaired) electrons. The molecule has 0 atom stereocenters. The van der Waals surface area contributed by atoms with E-state index in [-0.39, 0.29) is 0 Å². The topological polar surface area (TPSA) is 62.9 Å². The summed E-state index contributed by atoms with van der Waals surface area (Å²) < 4.78 is 5.33. The second kappa shape index (κ2) is 12.1. The summed E-state index contributed by atoms with van der Waals surface area (Å²) >= 11 is 2.00. The molecule has 124 valence electrons. The summed E-state index contributed by atoms with van der Waals surface area (Å²) in [5.74, 6) is 3.77. The second-order valence-electron chi connectivity index (χ2n) is 5.82. The summed E-state index contributed by atoms with van der Waals surface area (Å²) in [4.78, 5) is 6.80. The van der Waals surface area contributed by atoms with Crippen molar-refractivity contribution in [3.8, 4) is 0 Å². The van der Waals surface area contributed by atoms with Gasteiger partial charge in [-0.1, -0.05) is 13.8 Å². The van der Waals surface area contributed by atoms with Crippen LogP contribution in [0.2, 0.25) is 0 Å². The van der Waals surface area contributed by atoms with Crippen molar-refractivity contribution in [1.29, 1.82) is 0 Å². The van der Waals surface area contributed by atoms with Gasteiger partial charge >= 0.3 is 0 Å². The molecule has 5 nitrogen and oxygen atoms in total. The zero-order chi connectivity index (χ0) is 15.3. The van der Waals surface area contributed by atoms with Gasteiger partial charge in [0, 0.05) is 26.2 Å². The number of rotatable bonds is 10. The molecule has 1 fully saturated rings. The summed E-state index contributed by atoms with van der Waals surface area (Å²) in [6.07, 6.45) is 2.20. The van der Waals surface area contributed by atoms with E-state index >= 15 is 0 Å². The lowest BCUT2D eigenvalue weighted by Crippen LogP contribution is -2.39. The molecule has 0 spiro atoms. The Bertz CT molecular complexity index is 281. The summed E-state index contributed by atoms with van der Waals surface area (Å²) in [5.41, 5.74) is 5.85. The number of nitrogens with two attached hydrogens (primary N) is 1. The van der Waals surface area contributed by atoms with Crippen LogP contribution in [0.4, 0.5) is 0 Å². The van der Waals surface area contributed by atoms with Gasteiger partial charge in [0.15, 0.2) is 5.96 Å². The van der Waals surface area contributed by atoms with Gasteiger partial charge in [-0.15, -0.1) is 0 Å². The predicted octanol–water partition coefficient (Wildman–Crippen LogP) is 1.39. The van der Waals surface area contributed by atoms with E-state index in [9.17, 15) is 0 Å². The number of ether oxygens (including phenoxy) is 1. The van der Waals surface area contributed by atoms with Gasteiger partial charge < -0.3 is 15.8 Å². The minimum absolute atomic E-state index is 0.589. The second-order valence-corrected chi connectivity index (χ2v) is 6.97. The normalized spacial score (nSPS) is 17.4. The van der Waals surface area contributed by atoms with Gasteiger partial charge in [-0.05, 0) is 36.8 Å². The zero-order valence-electron chi connectivity index (χ0n) is 13.6. The van der Waals surface area contributed by atoms with Crippen molar-refractivity contribution in [3.63, 3.8) is 0 Å². The molecule has 0 aromatic carbocycles. The molecular weight excluding hydrogens is 284 g/mol. The van der Waals surface area contributed by atoms with Crippen LogP contribution in [0.1, 0.15) is 26.7 Å². The average molecular weight is 317 g/mol. The molecule has 0 aromatic rings. The number of hydrogen-bond donors (Lipinski definition) is 2. The lowest BCUT2D eigenvalue weighted by atomic mass is 10.3. The first-order valence-corrected chi connectivity index (χ1v) is 9.25. The van der Waals surface area contributed by atoms with Gasteiger partial charge in [0.1, 0.15) is 0 Å². The van der Waals surface area contributed by atoms with Crippen LogP contribution in [-0.4, -0.2) is 68.3 Å². The van der Waals surface area contributed by atoms with E-state index < -0.39 is 0 Å². The third kappa shape index (κ3) is 10.8. The predicted molar refractivity (Wildman–Crippen MR) is 93.1 cm³/mol. The molecule has 3 N–H and O–H groups in total. The maximum absolute atomic E-state index is 5.85. The van der Waals surface area contributed by atoms with Crippen molar-refractivity contribution >= 4 is 17.7 Å². The van der Waals surface area contributed by atoms with Crippen LogP contribution >= 0.6 is 11.8 Å². The molecule has 21 heavy (non-hydrogen) atoms. The molecule has 1 heterocycles. The molecular formula is C15H32N4OS. The van der Waals surface area contributed by atoms with Crippen LogP contribution in [0.3, 0.4) is 0 Å². The number of nitrogens with one attached hydrogen (secondary N) is 1. The number of guanidine groups is 1. The first-order chi connectivity index (χ1) is 10.2. The Morgan fingerprint density at radius 2 is 2.10 bits per heavy atom. The monoisotopic (exact) mass is 316 g/mol. The molecule has 0 unspecified atom stereocenters.